The van der Waals surface area contributed by atoms with Crippen LogP contribution in [0.15, 0.2) is 4.79 Å². The summed E-state index contributed by atoms with van der Waals surface area (Å²) in [5.41, 5.74) is 1.18. The Morgan fingerprint density at radius 2 is 2.24 bits per heavy atom. The average molecular weight is 311 g/mol. The van der Waals surface area contributed by atoms with E-state index in [1.807, 2.05) is 6.92 Å². The summed E-state index contributed by atoms with van der Waals surface area (Å²) >= 11 is 6.30. The van der Waals surface area contributed by atoms with Crippen LogP contribution in [0.1, 0.15) is 40.8 Å². The predicted octanol–water partition coefficient (Wildman–Crippen LogP) is 0.771. The lowest BCUT2D eigenvalue weighted by atomic mass is 10.1. The van der Waals surface area contributed by atoms with Crippen molar-refractivity contribution in [1.82, 2.24) is 29.9 Å². The number of likely N-dealkylation sites (tertiary alicyclic amines) is 1. The number of carbonyl (C=O) groups is 1. The molecule has 2 N–H and O–H groups in total. The third-order valence-electron chi connectivity index (χ3n) is 3.75. The number of amides is 1. The quantitative estimate of drug-likeness (QED) is 0.855. The molecule has 1 fully saturated rings. The summed E-state index contributed by atoms with van der Waals surface area (Å²) in [6.45, 7) is 2.47. The maximum absolute atomic E-state index is 12.5. The number of aryl methyl sites for hydroxylation is 2. The van der Waals surface area contributed by atoms with E-state index in [1.54, 1.807) is 16.6 Å². The van der Waals surface area contributed by atoms with Gasteiger partial charge in [0.15, 0.2) is 0 Å². The fourth-order valence-electron chi connectivity index (χ4n) is 2.84. The zero-order chi connectivity index (χ0) is 15.1. The summed E-state index contributed by atoms with van der Waals surface area (Å²) in [6, 6.07) is -0.140. The molecule has 0 aromatic carbocycles. The van der Waals surface area contributed by atoms with E-state index in [9.17, 15) is 9.59 Å². The normalized spacial score (nSPS) is 18.4. The van der Waals surface area contributed by atoms with E-state index >= 15 is 0 Å². The molecule has 8 nitrogen and oxygen atoms in total. The first-order valence-corrected chi connectivity index (χ1v) is 7.01. The maximum Gasteiger partial charge on any atom is 0.341 e. The molecule has 2 aromatic rings. The second-order valence-electron chi connectivity index (χ2n) is 5.10. The van der Waals surface area contributed by atoms with Crippen molar-refractivity contribution in [3.63, 3.8) is 0 Å². The molecule has 2 aromatic heterocycles. The minimum atomic E-state index is -0.496. The highest BCUT2D eigenvalue weighted by atomic mass is 35.5. The Kier molecular flexibility index (Phi) is 3.32. The summed E-state index contributed by atoms with van der Waals surface area (Å²) in [6.07, 6.45) is 1.68. The van der Waals surface area contributed by atoms with Gasteiger partial charge in [-0.25, -0.2) is 9.89 Å². The van der Waals surface area contributed by atoms with Crippen molar-refractivity contribution in [2.75, 3.05) is 6.54 Å². The Balaban J connectivity index is 1.96. The van der Waals surface area contributed by atoms with Gasteiger partial charge in [0.25, 0.3) is 5.91 Å². The highest BCUT2D eigenvalue weighted by Crippen LogP contribution is 2.37. The van der Waals surface area contributed by atoms with Gasteiger partial charge in [-0.15, -0.1) is 5.10 Å². The number of hydrogen-bond acceptors (Lipinski definition) is 4. The van der Waals surface area contributed by atoms with Crippen molar-refractivity contribution in [1.29, 1.82) is 0 Å². The van der Waals surface area contributed by atoms with Crippen molar-refractivity contribution < 1.29 is 4.79 Å². The number of hydrogen-bond donors (Lipinski definition) is 2. The van der Waals surface area contributed by atoms with Crippen molar-refractivity contribution in [3.05, 3.63) is 32.7 Å². The Morgan fingerprint density at radius 1 is 1.48 bits per heavy atom. The van der Waals surface area contributed by atoms with Crippen molar-refractivity contribution in [3.8, 4) is 0 Å². The van der Waals surface area contributed by atoms with E-state index < -0.39 is 5.69 Å². The lowest BCUT2D eigenvalue weighted by Crippen LogP contribution is -2.32. The number of aromatic nitrogens is 5. The fourth-order valence-corrected chi connectivity index (χ4v) is 3.14. The summed E-state index contributed by atoms with van der Waals surface area (Å²) in [7, 11) is 1.77. The molecular formula is C12H15ClN6O2. The van der Waals surface area contributed by atoms with E-state index in [2.05, 4.69) is 20.3 Å². The van der Waals surface area contributed by atoms with Gasteiger partial charge in [-0.1, -0.05) is 11.6 Å². The Hall–Kier alpha value is -2.09. The van der Waals surface area contributed by atoms with Crippen LogP contribution in [0.25, 0.3) is 0 Å². The van der Waals surface area contributed by atoms with Crippen molar-refractivity contribution in [2.45, 2.75) is 25.8 Å². The van der Waals surface area contributed by atoms with Gasteiger partial charge >= 0.3 is 5.69 Å². The van der Waals surface area contributed by atoms with Crippen LogP contribution in [0.4, 0.5) is 0 Å². The highest BCUT2D eigenvalue weighted by molar-refractivity contribution is 6.30. The number of halogens is 1. The third-order valence-corrected chi connectivity index (χ3v) is 4.20. The molecule has 1 aliphatic rings. The van der Waals surface area contributed by atoms with Crippen LogP contribution in [-0.4, -0.2) is 42.3 Å². The summed E-state index contributed by atoms with van der Waals surface area (Å²) in [5.74, 6) is -0.292. The van der Waals surface area contributed by atoms with Gasteiger partial charge in [0, 0.05) is 19.2 Å². The van der Waals surface area contributed by atoms with Crippen molar-refractivity contribution in [2.24, 2.45) is 7.05 Å². The van der Waals surface area contributed by atoms with Crippen LogP contribution in [0.5, 0.6) is 0 Å². The Bertz CT molecular complexity index is 745. The van der Waals surface area contributed by atoms with Gasteiger partial charge in [-0.2, -0.15) is 5.10 Å². The molecule has 1 aliphatic heterocycles. The molecule has 0 aliphatic carbocycles. The molecular weight excluding hydrogens is 296 g/mol. The number of nitrogens with zero attached hydrogens (tertiary/aromatic N) is 4. The molecule has 0 bridgehead atoms. The number of H-pyrrole nitrogens is 2. The fraction of sp³-hybridized carbons (Fsp3) is 0.500. The summed E-state index contributed by atoms with van der Waals surface area (Å²) in [4.78, 5) is 27.6. The molecule has 1 unspecified atom stereocenters. The van der Waals surface area contributed by atoms with Crippen LogP contribution >= 0.6 is 11.6 Å². The van der Waals surface area contributed by atoms with Crippen LogP contribution in [0.3, 0.4) is 0 Å². The average Bonchev–Trinajstić information content (AvgIpc) is 3.11. The Morgan fingerprint density at radius 3 is 2.81 bits per heavy atom. The lowest BCUT2D eigenvalue weighted by molar-refractivity contribution is 0.0723. The predicted molar refractivity (Wildman–Crippen MR) is 75.2 cm³/mol. The summed E-state index contributed by atoms with van der Waals surface area (Å²) < 4.78 is 1.60. The first-order chi connectivity index (χ1) is 9.99. The first-order valence-electron chi connectivity index (χ1n) is 6.63. The smallest absolute Gasteiger partial charge is 0.329 e. The standard InChI is InChI=1S/C12H15ClN6O2/c1-6-8(9(13)18(2)17-6)7-4-3-5-19(7)11(20)10-14-12(21)16-15-10/h7H,3-5H2,1-2H3,(H2,14,15,16,21). The minimum Gasteiger partial charge on any atom is -0.329 e. The Labute approximate surface area is 125 Å². The highest BCUT2D eigenvalue weighted by Gasteiger charge is 2.35. The largest absolute Gasteiger partial charge is 0.341 e. The molecule has 0 saturated carbocycles. The SMILES string of the molecule is Cc1nn(C)c(Cl)c1C1CCCN1C(=O)c1n[nH]c(=O)[nH]1. The maximum atomic E-state index is 12.5. The third kappa shape index (κ3) is 2.25. The topological polar surface area (TPSA) is 99.7 Å². The van der Waals surface area contributed by atoms with Gasteiger partial charge in [-0.05, 0) is 19.8 Å². The van der Waals surface area contributed by atoms with Crippen LogP contribution in [0, 0.1) is 6.92 Å². The molecule has 0 spiro atoms. The number of rotatable bonds is 2. The molecule has 0 radical (unpaired) electrons. The van der Waals surface area contributed by atoms with Gasteiger partial charge in [0.2, 0.25) is 5.82 Å². The number of carbonyl (C=O) groups excluding carboxylic acids is 1. The second kappa shape index (κ2) is 5.03. The van der Waals surface area contributed by atoms with Crippen LogP contribution < -0.4 is 5.69 Å². The molecule has 1 amide bonds. The molecule has 3 heterocycles. The van der Waals surface area contributed by atoms with Gasteiger partial charge in [-0.3, -0.25) is 14.5 Å². The molecule has 1 atom stereocenters. The minimum absolute atomic E-state index is 0.0181. The van der Waals surface area contributed by atoms with Crippen LogP contribution in [-0.2, 0) is 7.05 Å². The molecule has 21 heavy (non-hydrogen) atoms. The van der Waals surface area contributed by atoms with E-state index in [0.29, 0.717) is 11.7 Å². The van der Waals surface area contributed by atoms with Crippen LogP contribution in [0.2, 0.25) is 5.15 Å². The summed E-state index contributed by atoms with van der Waals surface area (Å²) in [5, 5.41) is 10.7. The van der Waals surface area contributed by atoms with Crippen molar-refractivity contribution >= 4 is 17.5 Å². The lowest BCUT2D eigenvalue weighted by Gasteiger charge is -2.23. The monoisotopic (exact) mass is 310 g/mol. The van der Waals surface area contributed by atoms with Gasteiger partial charge in [0.1, 0.15) is 5.15 Å². The molecule has 3 rings (SSSR count). The number of nitrogens with one attached hydrogen (secondary N) is 2. The van der Waals surface area contributed by atoms with Gasteiger partial charge in [0.05, 0.1) is 11.7 Å². The van der Waals surface area contributed by atoms with Gasteiger partial charge < -0.3 is 4.90 Å². The van der Waals surface area contributed by atoms with E-state index in [1.165, 1.54) is 0 Å². The number of aromatic amines is 2. The van der Waals surface area contributed by atoms with E-state index in [-0.39, 0.29) is 17.8 Å². The zero-order valence-corrected chi connectivity index (χ0v) is 12.4. The first kappa shape index (κ1) is 13.9. The second-order valence-corrected chi connectivity index (χ2v) is 5.45. The molecule has 1 saturated heterocycles. The zero-order valence-electron chi connectivity index (χ0n) is 11.7. The van der Waals surface area contributed by atoms with E-state index in [4.69, 9.17) is 11.6 Å². The molecule has 112 valence electrons. The molecule has 9 heteroatoms. The van der Waals surface area contributed by atoms with E-state index in [0.717, 1.165) is 24.1 Å².